The van der Waals surface area contributed by atoms with Crippen LogP contribution in [0.5, 0.6) is 5.75 Å². The third kappa shape index (κ3) is 3.24. The zero-order chi connectivity index (χ0) is 13.8. The summed E-state index contributed by atoms with van der Waals surface area (Å²) in [6.07, 6.45) is 2.93. The molecule has 0 unspecified atom stereocenters. The largest absolute Gasteiger partial charge is 0.511 e. The second kappa shape index (κ2) is 5.73. The van der Waals surface area contributed by atoms with Crippen molar-refractivity contribution in [2.24, 2.45) is 5.92 Å². The molecule has 1 aromatic heterocycles. The quantitative estimate of drug-likeness (QED) is 0.661. The predicted octanol–water partition coefficient (Wildman–Crippen LogP) is 3.53. The number of carboxylic acid groups (broad SMARTS) is 1. The van der Waals surface area contributed by atoms with E-state index >= 15 is 0 Å². The van der Waals surface area contributed by atoms with Crippen molar-refractivity contribution in [1.82, 2.24) is 9.78 Å². The molecule has 1 aromatic carbocycles. The highest BCUT2D eigenvalue weighted by molar-refractivity contribution is 5.80. The summed E-state index contributed by atoms with van der Waals surface area (Å²) in [4.78, 5) is 10.5. The van der Waals surface area contributed by atoms with Crippen LogP contribution in [0.15, 0.2) is 24.4 Å². The number of rotatable bonds is 5. The van der Waals surface area contributed by atoms with Crippen molar-refractivity contribution >= 4 is 17.1 Å². The molecule has 0 fully saturated rings. The van der Waals surface area contributed by atoms with Crippen molar-refractivity contribution in [3.63, 3.8) is 0 Å². The fourth-order valence-corrected chi connectivity index (χ4v) is 2.12. The van der Waals surface area contributed by atoms with E-state index in [0.717, 1.165) is 30.3 Å². The van der Waals surface area contributed by atoms with Gasteiger partial charge in [-0.3, -0.25) is 4.68 Å². The Bertz CT molecular complexity index is 573. The Hall–Kier alpha value is -2.04. The van der Waals surface area contributed by atoms with Gasteiger partial charge in [-0.05, 0) is 18.1 Å². The maximum atomic E-state index is 10.5. The third-order valence-electron chi connectivity index (χ3n) is 3.33. The lowest BCUT2D eigenvalue weighted by Gasteiger charge is -2.11. The van der Waals surface area contributed by atoms with Gasteiger partial charge in [0, 0.05) is 24.2 Å². The summed E-state index contributed by atoms with van der Waals surface area (Å²) in [5.74, 6) is 0.914. The first-order valence-electron chi connectivity index (χ1n) is 6.50. The third-order valence-corrected chi connectivity index (χ3v) is 3.33. The Morgan fingerprint density at radius 3 is 2.79 bits per heavy atom. The maximum absolute atomic E-state index is 10.5. The smallest absolute Gasteiger partial charge is 0.449 e. The number of fused-ring (bicyclic) bond motifs is 1. The van der Waals surface area contributed by atoms with Crippen LogP contribution in [0.1, 0.15) is 26.7 Å². The summed E-state index contributed by atoms with van der Waals surface area (Å²) >= 11 is 0. The molecule has 0 atom stereocenters. The minimum absolute atomic E-state index is 0.299. The maximum Gasteiger partial charge on any atom is 0.511 e. The first kappa shape index (κ1) is 13.4. The van der Waals surface area contributed by atoms with Gasteiger partial charge in [-0.2, -0.15) is 5.10 Å². The second-order valence-electron chi connectivity index (χ2n) is 4.62. The Balaban J connectivity index is 2.22. The molecule has 1 N–H and O–H groups in total. The van der Waals surface area contributed by atoms with Gasteiger partial charge >= 0.3 is 6.16 Å². The van der Waals surface area contributed by atoms with E-state index in [0.29, 0.717) is 11.7 Å². The second-order valence-corrected chi connectivity index (χ2v) is 4.62. The van der Waals surface area contributed by atoms with Crippen LogP contribution in [0.2, 0.25) is 0 Å². The Morgan fingerprint density at radius 1 is 1.42 bits per heavy atom. The van der Waals surface area contributed by atoms with Crippen molar-refractivity contribution in [2.45, 2.75) is 33.2 Å². The zero-order valence-corrected chi connectivity index (χ0v) is 11.2. The van der Waals surface area contributed by atoms with E-state index in [-0.39, 0.29) is 0 Å². The molecule has 0 saturated carbocycles. The first-order valence-corrected chi connectivity index (χ1v) is 6.50. The topological polar surface area (TPSA) is 64.3 Å². The van der Waals surface area contributed by atoms with Gasteiger partial charge in [-0.15, -0.1) is 0 Å². The molecule has 2 aromatic rings. The van der Waals surface area contributed by atoms with Crippen molar-refractivity contribution < 1.29 is 14.6 Å². The Morgan fingerprint density at radius 2 is 2.16 bits per heavy atom. The molecule has 0 aliphatic carbocycles. The number of aromatic nitrogens is 2. The monoisotopic (exact) mass is 262 g/mol. The Labute approximate surface area is 111 Å². The molecule has 0 spiro atoms. The van der Waals surface area contributed by atoms with Crippen molar-refractivity contribution in [3.8, 4) is 5.75 Å². The van der Waals surface area contributed by atoms with Gasteiger partial charge in [0.15, 0.2) is 0 Å². The van der Waals surface area contributed by atoms with Crippen molar-refractivity contribution in [2.75, 3.05) is 0 Å². The molecular formula is C14H18N2O3. The SMILES string of the molecule is CCC(CC)Cn1cc2ccc(OC(=O)O)cc2n1. The minimum atomic E-state index is -1.31. The van der Waals surface area contributed by atoms with E-state index in [1.807, 2.05) is 16.9 Å². The van der Waals surface area contributed by atoms with Gasteiger partial charge in [0.05, 0.1) is 5.52 Å². The summed E-state index contributed by atoms with van der Waals surface area (Å²) in [5.41, 5.74) is 0.754. The van der Waals surface area contributed by atoms with Crippen LogP contribution in [0.25, 0.3) is 10.9 Å². The van der Waals surface area contributed by atoms with Crippen LogP contribution in [0.4, 0.5) is 4.79 Å². The molecule has 0 radical (unpaired) electrons. The van der Waals surface area contributed by atoms with Crippen molar-refractivity contribution in [3.05, 3.63) is 24.4 Å². The van der Waals surface area contributed by atoms with Crippen molar-refractivity contribution in [1.29, 1.82) is 0 Å². The highest BCUT2D eigenvalue weighted by Gasteiger charge is 2.08. The summed E-state index contributed by atoms with van der Waals surface area (Å²) < 4.78 is 6.55. The molecule has 1 heterocycles. The highest BCUT2D eigenvalue weighted by atomic mass is 16.7. The zero-order valence-electron chi connectivity index (χ0n) is 11.2. The van der Waals surface area contributed by atoms with Gasteiger partial charge < -0.3 is 9.84 Å². The van der Waals surface area contributed by atoms with Gasteiger partial charge in [0.2, 0.25) is 0 Å². The molecule has 0 aliphatic rings. The normalized spacial score (nSPS) is 11.1. The van der Waals surface area contributed by atoms with Crippen LogP contribution < -0.4 is 4.74 Å². The fraction of sp³-hybridized carbons (Fsp3) is 0.429. The van der Waals surface area contributed by atoms with Crippen LogP contribution in [-0.4, -0.2) is 21.0 Å². The van der Waals surface area contributed by atoms with Gasteiger partial charge in [0.1, 0.15) is 5.75 Å². The average molecular weight is 262 g/mol. The molecule has 0 bridgehead atoms. The minimum Gasteiger partial charge on any atom is -0.449 e. The molecule has 0 aliphatic heterocycles. The summed E-state index contributed by atoms with van der Waals surface area (Å²) in [5, 5.41) is 14.0. The summed E-state index contributed by atoms with van der Waals surface area (Å²) in [6, 6.07) is 5.11. The number of ether oxygens (including phenoxy) is 1. The van der Waals surface area contributed by atoms with E-state index in [1.54, 1.807) is 12.1 Å². The summed E-state index contributed by atoms with van der Waals surface area (Å²) in [6.45, 7) is 5.24. The summed E-state index contributed by atoms with van der Waals surface area (Å²) in [7, 11) is 0. The Kier molecular flexibility index (Phi) is 4.04. The predicted molar refractivity (Wildman–Crippen MR) is 72.5 cm³/mol. The van der Waals surface area contributed by atoms with E-state index < -0.39 is 6.16 Å². The van der Waals surface area contributed by atoms with E-state index in [1.165, 1.54) is 0 Å². The van der Waals surface area contributed by atoms with E-state index in [4.69, 9.17) is 5.11 Å². The molecule has 2 rings (SSSR count). The molecule has 0 saturated heterocycles. The molecule has 102 valence electrons. The molecular weight excluding hydrogens is 244 g/mol. The average Bonchev–Trinajstić information content (AvgIpc) is 2.76. The number of carbonyl (C=O) groups is 1. The number of nitrogens with zero attached hydrogens (tertiary/aromatic N) is 2. The lowest BCUT2D eigenvalue weighted by atomic mass is 10.0. The molecule has 5 nitrogen and oxygen atoms in total. The standard InChI is InChI=1S/C14H18N2O3/c1-3-10(4-2)8-16-9-11-5-6-12(19-14(17)18)7-13(11)15-16/h5-7,9-10H,3-4,8H2,1-2H3,(H,17,18). The number of hydrogen-bond acceptors (Lipinski definition) is 3. The number of hydrogen-bond donors (Lipinski definition) is 1. The lowest BCUT2D eigenvalue weighted by molar-refractivity contribution is 0.144. The van der Waals surface area contributed by atoms with E-state index in [2.05, 4.69) is 23.7 Å². The van der Waals surface area contributed by atoms with Crippen LogP contribution in [0, 0.1) is 5.92 Å². The molecule has 19 heavy (non-hydrogen) atoms. The van der Waals surface area contributed by atoms with Crippen LogP contribution in [0.3, 0.4) is 0 Å². The highest BCUT2D eigenvalue weighted by Crippen LogP contribution is 2.21. The van der Waals surface area contributed by atoms with Crippen LogP contribution >= 0.6 is 0 Å². The fourth-order valence-electron chi connectivity index (χ4n) is 2.12. The van der Waals surface area contributed by atoms with E-state index in [9.17, 15) is 4.79 Å². The molecule has 5 heteroatoms. The lowest BCUT2D eigenvalue weighted by Crippen LogP contribution is -2.09. The van der Waals surface area contributed by atoms with Gasteiger partial charge in [-0.1, -0.05) is 26.7 Å². The van der Waals surface area contributed by atoms with Crippen LogP contribution in [-0.2, 0) is 6.54 Å². The van der Waals surface area contributed by atoms with Gasteiger partial charge in [-0.25, -0.2) is 4.79 Å². The van der Waals surface area contributed by atoms with Gasteiger partial charge in [0.25, 0.3) is 0 Å². The first-order chi connectivity index (χ1) is 9.12. The number of benzene rings is 1. The molecule has 0 amide bonds.